The average Bonchev–Trinajstić information content (AvgIpc) is 2.85. The van der Waals surface area contributed by atoms with Crippen LogP contribution in [-0.2, 0) is 11.0 Å². The van der Waals surface area contributed by atoms with Crippen LogP contribution in [0.3, 0.4) is 0 Å². The van der Waals surface area contributed by atoms with Gasteiger partial charge in [0.2, 0.25) is 0 Å². The van der Waals surface area contributed by atoms with E-state index >= 15 is 0 Å². The summed E-state index contributed by atoms with van der Waals surface area (Å²) in [6, 6.07) is 10.5. The van der Waals surface area contributed by atoms with Gasteiger partial charge >= 0.3 is 6.18 Å². The van der Waals surface area contributed by atoms with Gasteiger partial charge in [0.1, 0.15) is 0 Å². The fourth-order valence-electron chi connectivity index (χ4n) is 2.59. The fourth-order valence-corrected chi connectivity index (χ4v) is 2.75. The monoisotopic (exact) mass is 392 g/mol. The van der Waals surface area contributed by atoms with Crippen LogP contribution in [0, 0.1) is 6.92 Å². The normalized spacial score (nSPS) is 15.1. The number of alkyl halides is 3. The molecule has 0 unspecified atom stereocenters. The maximum absolute atomic E-state index is 13.0. The molecule has 0 saturated carbocycles. The summed E-state index contributed by atoms with van der Waals surface area (Å²) in [6.07, 6.45) is -4.51. The number of hydrogen-bond acceptors (Lipinski definition) is 3. The standard InChI is InChI=1S/C18H15F3N4OS/c1-10-3-6-12(7-4-10)22-17(27)24-23-15-13-9-11(18(19,20)21)5-8-14(13)25(2)16(15)26/h3-9H,1-2H3,(H2,22,24,27)/b23-15-. The van der Waals surface area contributed by atoms with Crippen LogP contribution in [0.25, 0.3) is 0 Å². The van der Waals surface area contributed by atoms with E-state index in [1.54, 1.807) is 0 Å². The van der Waals surface area contributed by atoms with Gasteiger partial charge in [0.05, 0.1) is 11.3 Å². The number of carbonyl (C=O) groups excluding carboxylic acids is 1. The first-order valence-electron chi connectivity index (χ1n) is 7.88. The molecule has 0 spiro atoms. The summed E-state index contributed by atoms with van der Waals surface area (Å²) in [4.78, 5) is 13.6. The number of fused-ring (bicyclic) bond motifs is 1. The Morgan fingerprint density at radius 3 is 2.44 bits per heavy atom. The predicted octanol–water partition coefficient (Wildman–Crippen LogP) is 3.68. The lowest BCUT2D eigenvalue weighted by Crippen LogP contribution is -2.30. The SMILES string of the molecule is Cc1ccc(NC(=S)N/N=C2\C(=O)N(C)c3ccc(C(F)(F)F)cc32)cc1. The van der Waals surface area contributed by atoms with Crippen molar-refractivity contribution in [3.05, 3.63) is 59.2 Å². The zero-order valence-corrected chi connectivity index (χ0v) is 15.2. The number of nitrogens with one attached hydrogen (secondary N) is 2. The molecule has 0 atom stereocenters. The Hall–Kier alpha value is -2.94. The molecule has 1 heterocycles. The van der Waals surface area contributed by atoms with Gasteiger partial charge in [0.25, 0.3) is 5.91 Å². The molecule has 2 N–H and O–H groups in total. The van der Waals surface area contributed by atoms with Crippen molar-refractivity contribution in [2.45, 2.75) is 13.1 Å². The maximum atomic E-state index is 13.0. The Labute approximate surface area is 158 Å². The molecule has 2 aromatic carbocycles. The average molecular weight is 392 g/mol. The second kappa shape index (κ2) is 6.99. The highest BCUT2D eigenvalue weighted by molar-refractivity contribution is 7.80. The number of thiocarbonyl (C=S) groups is 1. The van der Waals surface area contributed by atoms with Crippen LogP contribution in [-0.4, -0.2) is 23.8 Å². The quantitative estimate of drug-likeness (QED) is 0.605. The maximum Gasteiger partial charge on any atom is 0.416 e. The van der Waals surface area contributed by atoms with E-state index in [1.807, 2.05) is 31.2 Å². The number of rotatable bonds is 2. The molecule has 0 aromatic heterocycles. The third kappa shape index (κ3) is 3.92. The van der Waals surface area contributed by atoms with Crippen molar-refractivity contribution in [1.29, 1.82) is 0 Å². The first-order valence-corrected chi connectivity index (χ1v) is 8.28. The van der Waals surface area contributed by atoms with Crippen molar-refractivity contribution in [2.24, 2.45) is 5.10 Å². The highest BCUT2D eigenvalue weighted by Gasteiger charge is 2.36. The van der Waals surface area contributed by atoms with Gasteiger partial charge in [-0.2, -0.15) is 18.3 Å². The summed E-state index contributed by atoms with van der Waals surface area (Å²) in [5.41, 5.74) is 3.78. The Balaban J connectivity index is 1.83. The van der Waals surface area contributed by atoms with Crippen molar-refractivity contribution in [2.75, 3.05) is 17.3 Å². The summed E-state index contributed by atoms with van der Waals surface area (Å²) >= 11 is 5.12. The molecule has 2 aromatic rings. The molecule has 0 bridgehead atoms. The molecule has 1 amide bonds. The number of likely N-dealkylation sites (N-methyl/N-ethyl adjacent to an activating group) is 1. The van der Waals surface area contributed by atoms with Gasteiger partial charge in [-0.15, -0.1) is 0 Å². The van der Waals surface area contributed by atoms with E-state index in [4.69, 9.17) is 12.2 Å². The van der Waals surface area contributed by atoms with E-state index < -0.39 is 17.6 Å². The molecule has 1 aliphatic heterocycles. The first kappa shape index (κ1) is 18.8. The van der Waals surface area contributed by atoms with E-state index in [9.17, 15) is 18.0 Å². The van der Waals surface area contributed by atoms with Crippen LogP contribution >= 0.6 is 12.2 Å². The second-order valence-corrected chi connectivity index (χ2v) is 6.39. The van der Waals surface area contributed by atoms with Crippen LogP contribution in [0.5, 0.6) is 0 Å². The Morgan fingerprint density at radius 1 is 1.15 bits per heavy atom. The van der Waals surface area contributed by atoms with E-state index in [-0.39, 0.29) is 16.4 Å². The molecule has 1 aliphatic rings. The first-order chi connectivity index (χ1) is 12.7. The predicted molar refractivity (Wildman–Crippen MR) is 102 cm³/mol. The van der Waals surface area contributed by atoms with Gasteiger partial charge in [0, 0.05) is 18.3 Å². The minimum Gasteiger partial charge on any atom is -0.331 e. The van der Waals surface area contributed by atoms with Gasteiger partial charge in [-0.1, -0.05) is 17.7 Å². The number of benzene rings is 2. The zero-order valence-electron chi connectivity index (χ0n) is 14.4. The molecule has 0 radical (unpaired) electrons. The summed E-state index contributed by atoms with van der Waals surface area (Å²) in [7, 11) is 1.47. The van der Waals surface area contributed by atoms with Crippen molar-refractivity contribution in [1.82, 2.24) is 5.43 Å². The molecule has 9 heteroatoms. The lowest BCUT2D eigenvalue weighted by Gasteiger charge is -2.11. The van der Waals surface area contributed by atoms with Crippen molar-refractivity contribution < 1.29 is 18.0 Å². The van der Waals surface area contributed by atoms with Crippen molar-refractivity contribution in [3.8, 4) is 0 Å². The third-order valence-corrected chi connectivity index (χ3v) is 4.22. The number of hydrogen-bond donors (Lipinski definition) is 2. The molecule has 140 valence electrons. The molecule has 3 rings (SSSR count). The van der Waals surface area contributed by atoms with Crippen LogP contribution in [0.4, 0.5) is 24.5 Å². The van der Waals surface area contributed by atoms with Crippen LogP contribution in [0.2, 0.25) is 0 Å². The highest BCUT2D eigenvalue weighted by atomic mass is 32.1. The molecular weight excluding hydrogens is 377 g/mol. The lowest BCUT2D eigenvalue weighted by molar-refractivity contribution is -0.137. The smallest absolute Gasteiger partial charge is 0.331 e. The van der Waals surface area contributed by atoms with Gasteiger partial charge in [-0.25, -0.2) is 0 Å². The second-order valence-electron chi connectivity index (χ2n) is 5.99. The Morgan fingerprint density at radius 2 is 1.81 bits per heavy atom. The molecular formula is C18H15F3N4OS. The van der Waals surface area contributed by atoms with Crippen molar-refractivity contribution in [3.63, 3.8) is 0 Å². The lowest BCUT2D eigenvalue weighted by atomic mass is 10.1. The largest absolute Gasteiger partial charge is 0.416 e. The molecule has 0 saturated heterocycles. The summed E-state index contributed by atoms with van der Waals surface area (Å²) in [5, 5.41) is 6.94. The Bertz CT molecular complexity index is 939. The van der Waals surface area contributed by atoms with E-state index in [1.165, 1.54) is 18.0 Å². The van der Waals surface area contributed by atoms with Crippen LogP contribution in [0.1, 0.15) is 16.7 Å². The number of halogens is 3. The van der Waals surface area contributed by atoms with Crippen molar-refractivity contribution >= 4 is 40.3 Å². The number of hydrazone groups is 1. The minimum atomic E-state index is -4.51. The van der Waals surface area contributed by atoms with Gasteiger partial charge in [0.15, 0.2) is 10.8 Å². The number of amides is 1. The highest BCUT2D eigenvalue weighted by Crippen LogP contribution is 2.35. The van der Waals surface area contributed by atoms with E-state index in [2.05, 4.69) is 15.8 Å². The third-order valence-electron chi connectivity index (χ3n) is 4.03. The number of anilines is 2. The number of carbonyl (C=O) groups is 1. The fraction of sp³-hybridized carbons (Fsp3) is 0.167. The molecule has 27 heavy (non-hydrogen) atoms. The van der Waals surface area contributed by atoms with Gasteiger partial charge in [-0.05, 0) is 49.5 Å². The van der Waals surface area contributed by atoms with E-state index in [0.29, 0.717) is 11.4 Å². The zero-order chi connectivity index (χ0) is 19.8. The molecule has 0 aliphatic carbocycles. The molecule has 5 nitrogen and oxygen atoms in total. The van der Waals surface area contributed by atoms with E-state index in [0.717, 1.165) is 17.7 Å². The molecule has 0 fully saturated rings. The minimum absolute atomic E-state index is 0.1000. The summed E-state index contributed by atoms with van der Waals surface area (Å²) in [6.45, 7) is 1.95. The summed E-state index contributed by atoms with van der Waals surface area (Å²) in [5.74, 6) is -0.519. The number of nitrogens with zero attached hydrogens (tertiary/aromatic N) is 2. The van der Waals surface area contributed by atoms with Crippen LogP contribution in [0.15, 0.2) is 47.6 Å². The van der Waals surface area contributed by atoms with Gasteiger partial charge in [-0.3, -0.25) is 10.2 Å². The van der Waals surface area contributed by atoms with Crippen LogP contribution < -0.4 is 15.6 Å². The Kier molecular flexibility index (Phi) is 4.88. The topological polar surface area (TPSA) is 56.7 Å². The summed E-state index contributed by atoms with van der Waals surface area (Å²) < 4.78 is 38.9. The van der Waals surface area contributed by atoms with Gasteiger partial charge < -0.3 is 10.2 Å². The number of aryl methyl sites for hydroxylation is 1.